The topological polar surface area (TPSA) is 29.1 Å². The van der Waals surface area contributed by atoms with Crippen molar-refractivity contribution >= 4 is 14.0 Å². The Morgan fingerprint density at radius 2 is 1.47 bits per heavy atom. The van der Waals surface area contributed by atoms with Crippen LogP contribution >= 0.6 is 0 Å². The fraction of sp³-hybridized carbons (Fsp3) is 0.222. The molecule has 3 heteroatoms. The van der Waals surface area contributed by atoms with Crippen LogP contribution in [0.4, 0.5) is 0 Å². The summed E-state index contributed by atoms with van der Waals surface area (Å²) in [6.07, 6.45) is 0.739. The summed E-state index contributed by atoms with van der Waals surface area (Å²) in [6.45, 7) is 6.50. The predicted octanol–water partition coefficient (Wildman–Crippen LogP) is 5.43. The van der Waals surface area contributed by atoms with Crippen LogP contribution in [0.3, 0.4) is 0 Å². The molecule has 0 saturated carbocycles. The minimum Gasteiger partial charge on any atom is -0.338 e. The van der Waals surface area contributed by atoms with E-state index < -0.39 is 8.07 Å². The number of carbonyl (C=O) groups is 1. The summed E-state index contributed by atoms with van der Waals surface area (Å²) in [5.41, 5.74) is 8.11. The molecule has 1 N–H and O–H groups in total. The van der Waals surface area contributed by atoms with Gasteiger partial charge in [-0.2, -0.15) is 0 Å². The monoisotopic (exact) mass is 411 g/mol. The molecule has 0 aromatic heterocycles. The Kier molecular flexibility index (Phi) is 7.27. The van der Waals surface area contributed by atoms with E-state index in [2.05, 4.69) is 97.5 Å². The van der Waals surface area contributed by atoms with Crippen LogP contribution in [0.15, 0.2) is 84.9 Å². The highest BCUT2D eigenvalue weighted by Crippen LogP contribution is 2.19. The van der Waals surface area contributed by atoms with Crippen LogP contribution in [0.2, 0.25) is 13.1 Å². The van der Waals surface area contributed by atoms with Crippen LogP contribution in [-0.4, -0.2) is 14.0 Å². The summed E-state index contributed by atoms with van der Waals surface area (Å²) in [5, 5.41) is 3.14. The number of hydrogen-bond donors (Lipinski definition) is 1. The Labute approximate surface area is 181 Å². The largest absolute Gasteiger partial charge is 0.338 e. The van der Waals surface area contributed by atoms with Gasteiger partial charge in [0.15, 0.2) is 0 Å². The van der Waals surface area contributed by atoms with E-state index in [1.165, 1.54) is 16.7 Å². The van der Waals surface area contributed by atoms with Gasteiger partial charge < -0.3 is 5.32 Å². The molecule has 3 rings (SSSR count). The van der Waals surface area contributed by atoms with Gasteiger partial charge in [-0.3, -0.25) is 4.79 Å². The van der Waals surface area contributed by atoms with Crippen molar-refractivity contribution in [3.8, 4) is 11.5 Å². The predicted molar refractivity (Wildman–Crippen MR) is 128 cm³/mol. The van der Waals surface area contributed by atoms with Gasteiger partial charge in [-0.1, -0.05) is 104 Å². The zero-order valence-corrected chi connectivity index (χ0v) is 19.0. The maximum atomic E-state index is 12.7. The summed E-state index contributed by atoms with van der Waals surface area (Å²) in [7, 11) is -1.84. The van der Waals surface area contributed by atoms with Gasteiger partial charge in [0.05, 0.1) is 6.04 Å². The second-order valence-electron chi connectivity index (χ2n) is 8.42. The van der Waals surface area contributed by atoms with Crippen molar-refractivity contribution in [1.29, 1.82) is 0 Å². The summed E-state index contributed by atoms with van der Waals surface area (Å²) < 4.78 is 0. The van der Waals surface area contributed by atoms with Crippen molar-refractivity contribution < 1.29 is 4.79 Å². The number of aryl methyl sites for hydroxylation is 1. The van der Waals surface area contributed by atoms with Crippen LogP contribution in [0.1, 0.15) is 28.3 Å². The van der Waals surface area contributed by atoms with Crippen LogP contribution in [0.5, 0.6) is 0 Å². The molecule has 1 unspecified atom stereocenters. The molecular weight excluding hydrogens is 382 g/mol. The molecule has 0 aliphatic rings. The number of hydrogen-bond acceptors (Lipinski definition) is 1. The Morgan fingerprint density at radius 1 is 0.867 bits per heavy atom. The molecule has 0 heterocycles. The summed E-state index contributed by atoms with van der Waals surface area (Å²) in [6, 6.07) is 29.8. The minimum atomic E-state index is -1.84. The molecule has 1 amide bonds. The fourth-order valence-electron chi connectivity index (χ4n) is 3.47. The van der Waals surface area contributed by atoms with E-state index in [4.69, 9.17) is 0 Å². The van der Waals surface area contributed by atoms with Gasteiger partial charge in [0, 0.05) is 0 Å². The number of benzene rings is 3. The van der Waals surface area contributed by atoms with E-state index in [1.807, 2.05) is 24.3 Å². The van der Waals surface area contributed by atoms with Crippen LogP contribution in [0.25, 0.3) is 0 Å². The maximum Gasteiger partial charge on any atom is 0.295 e. The van der Waals surface area contributed by atoms with Gasteiger partial charge in [0.2, 0.25) is 0 Å². The molecule has 1 atom stereocenters. The lowest BCUT2D eigenvalue weighted by Gasteiger charge is -2.19. The molecular formula is C27H29NOSi. The van der Waals surface area contributed by atoms with E-state index in [0.29, 0.717) is 0 Å². The first-order chi connectivity index (χ1) is 14.4. The smallest absolute Gasteiger partial charge is 0.295 e. The van der Waals surface area contributed by atoms with Crippen molar-refractivity contribution in [2.24, 2.45) is 0 Å². The second kappa shape index (κ2) is 10.1. The lowest BCUT2D eigenvalue weighted by atomic mass is 9.98. The zero-order valence-electron chi connectivity index (χ0n) is 18.0. The van der Waals surface area contributed by atoms with Crippen molar-refractivity contribution in [3.05, 3.63) is 107 Å². The third-order valence-electron chi connectivity index (χ3n) is 5.07. The van der Waals surface area contributed by atoms with Gasteiger partial charge >= 0.3 is 0 Å². The van der Waals surface area contributed by atoms with Gasteiger partial charge in [-0.05, 0) is 42.0 Å². The molecule has 3 aromatic carbocycles. The van der Waals surface area contributed by atoms with Crippen LogP contribution in [0, 0.1) is 18.4 Å². The molecule has 0 bridgehead atoms. The third-order valence-corrected chi connectivity index (χ3v) is 7.16. The summed E-state index contributed by atoms with van der Waals surface area (Å²) in [5.74, 6) is 2.70. The Hall–Kier alpha value is -3.09. The normalized spacial score (nSPS) is 11.8. The van der Waals surface area contributed by atoms with E-state index >= 15 is 0 Å². The van der Waals surface area contributed by atoms with E-state index in [0.717, 1.165) is 18.0 Å². The third kappa shape index (κ3) is 6.75. The Bertz CT molecular complexity index is 1020. The molecule has 0 aliphatic heterocycles. The first kappa shape index (κ1) is 21.6. The molecule has 0 radical (unpaired) electrons. The second-order valence-corrected chi connectivity index (χ2v) is 12.8. The Morgan fingerprint density at radius 3 is 2.10 bits per heavy atom. The lowest BCUT2D eigenvalue weighted by Crippen LogP contribution is -2.31. The summed E-state index contributed by atoms with van der Waals surface area (Å²) >= 11 is 0. The van der Waals surface area contributed by atoms with E-state index in [9.17, 15) is 4.79 Å². The first-order valence-electron chi connectivity index (χ1n) is 10.4. The van der Waals surface area contributed by atoms with Gasteiger partial charge in [-0.25, -0.2) is 0 Å². The number of rotatable bonds is 6. The highest BCUT2D eigenvalue weighted by Gasteiger charge is 2.19. The first-order valence-corrected chi connectivity index (χ1v) is 13.6. The zero-order chi connectivity index (χ0) is 21.4. The number of nitrogens with one attached hydrogen (secondary N) is 1. The Balaban J connectivity index is 1.72. The highest BCUT2D eigenvalue weighted by atomic mass is 28.3. The van der Waals surface area contributed by atoms with Crippen LogP contribution in [-0.2, 0) is 17.3 Å². The van der Waals surface area contributed by atoms with Crippen LogP contribution < -0.4 is 5.32 Å². The molecule has 0 saturated heterocycles. The van der Waals surface area contributed by atoms with Crippen molar-refractivity contribution in [2.75, 3.05) is 0 Å². The highest BCUT2D eigenvalue weighted by molar-refractivity contribution is 6.84. The molecule has 0 fully saturated rings. The lowest BCUT2D eigenvalue weighted by molar-refractivity contribution is -0.116. The van der Waals surface area contributed by atoms with Gasteiger partial charge in [-0.15, -0.1) is 5.54 Å². The summed E-state index contributed by atoms with van der Waals surface area (Å²) in [4.78, 5) is 12.7. The van der Waals surface area contributed by atoms with Crippen molar-refractivity contribution in [1.82, 2.24) is 5.32 Å². The standard InChI is InChI=1S/C27H29NOSi/c1-22-14-16-23(17-15-22)20-26(25-12-8-5-9-13-25)28-27(29)18-19-30(2,3)21-24-10-6-4-7-11-24/h4-17,26H,20-21H2,1-3H3,(H,28,29). The van der Waals surface area contributed by atoms with Gasteiger partial charge in [0.1, 0.15) is 8.07 Å². The number of amides is 1. The quantitative estimate of drug-likeness (QED) is 0.425. The van der Waals surface area contributed by atoms with E-state index in [1.54, 1.807) is 0 Å². The molecule has 2 nitrogen and oxygen atoms in total. The fourth-order valence-corrected chi connectivity index (χ4v) is 5.26. The SMILES string of the molecule is Cc1ccc(CC(NC(=O)C#C[Si](C)(C)Cc2ccccc2)c2ccccc2)cc1. The molecule has 0 spiro atoms. The molecule has 0 aliphatic carbocycles. The molecule has 152 valence electrons. The minimum absolute atomic E-state index is 0.102. The van der Waals surface area contributed by atoms with Crippen molar-refractivity contribution in [2.45, 2.75) is 38.5 Å². The number of carbonyl (C=O) groups excluding carboxylic acids is 1. The molecule has 30 heavy (non-hydrogen) atoms. The van der Waals surface area contributed by atoms with Crippen molar-refractivity contribution in [3.63, 3.8) is 0 Å². The van der Waals surface area contributed by atoms with Gasteiger partial charge in [0.25, 0.3) is 5.91 Å². The average molecular weight is 412 g/mol. The van der Waals surface area contributed by atoms with E-state index in [-0.39, 0.29) is 11.9 Å². The maximum absolute atomic E-state index is 12.7. The molecule has 3 aromatic rings. The average Bonchev–Trinajstić information content (AvgIpc) is 2.74.